The lowest BCUT2D eigenvalue weighted by Crippen LogP contribution is -2.37. The van der Waals surface area contributed by atoms with Crippen LogP contribution in [0.4, 0.5) is 28.4 Å². The number of H-pyrrole nitrogens is 2. The van der Waals surface area contributed by atoms with E-state index in [-0.39, 0.29) is 11.6 Å². The topological polar surface area (TPSA) is 193 Å². The number of aromatic nitrogens is 6. The predicted molar refractivity (Wildman–Crippen MR) is 165 cm³/mol. The summed E-state index contributed by atoms with van der Waals surface area (Å²) in [6, 6.07) is 6.78. The van der Waals surface area contributed by atoms with Crippen molar-refractivity contribution >= 4 is 57.9 Å². The summed E-state index contributed by atoms with van der Waals surface area (Å²) in [4.78, 5) is 35.1. The predicted octanol–water partition coefficient (Wildman–Crippen LogP) is 6.67. The SMILES string of the molecule is CCN(c1cc(NC(C)=O)c(N=Nc2c(Sc3ncn[nH]3)cc([N+](=O)[O-])cc2Sc2ncn[nH]2)cc1OC)C1CCCCC1. The molecule has 230 valence electrons. The number of nitro benzene ring substituents is 1. The van der Waals surface area contributed by atoms with Crippen molar-refractivity contribution in [1.82, 2.24) is 30.4 Å². The highest BCUT2D eigenvalue weighted by molar-refractivity contribution is 8.00. The van der Waals surface area contributed by atoms with Crippen LogP contribution in [0.3, 0.4) is 0 Å². The Bertz CT molecular complexity index is 1570. The number of nitro groups is 1. The summed E-state index contributed by atoms with van der Waals surface area (Å²) in [6.07, 6.45) is 8.43. The van der Waals surface area contributed by atoms with Gasteiger partial charge in [0.25, 0.3) is 5.69 Å². The number of carbonyl (C=O) groups is 1. The van der Waals surface area contributed by atoms with E-state index >= 15 is 0 Å². The summed E-state index contributed by atoms with van der Waals surface area (Å²) in [7, 11) is 1.60. The largest absolute Gasteiger partial charge is 0.494 e. The van der Waals surface area contributed by atoms with Crippen molar-refractivity contribution in [2.24, 2.45) is 10.2 Å². The van der Waals surface area contributed by atoms with Crippen LogP contribution in [0.1, 0.15) is 46.0 Å². The van der Waals surface area contributed by atoms with E-state index in [4.69, 9.17) is 4.74 Å². The van der Waals surface area contributed by atoms with E-state index in [0.29, 0.717) is 49.0 Å². The molecule has 0 aliphatic heterocycles. The molecule has 1 aliphatic carbocycles. The average molecular weight is 638 g/mol. The summed E-state index contributed by atoms with van der Waals surface area (Å²) in [5.41, 5.74) is 1.85. The fraction of sp³-hybridized carbons (Fsp3) is 0.370. The molecule has 1 aliphatic rings. The molecule has 0 radical (unpaired) electrons. The van der Waals surface area contributed by atoms with Gasteiger partial charge in [-0.25, -0.2) is 9.97 Å². The Morgan fingerprint density at radius 1 is 1.07 bits per heavy atom. The normalized spacial score (nSPS) is 13.7. The Hall–Kier alpha value is -4.51. The molecule has 2 aromatic carbocycles. The number of nitrogens with one attached hydrogen (secondary N) is 3. The fourth-order valence-electron chi connectivity index (χ4n) is 5.06. The van der Waals surface area contributed by atoms with E-state index in [1.165, 1.54) is 51.0 Å². The lowest BCUT2D eigenvalue weighted by atomic mass is 9.93. The Labute approximate surface area is 261 Å². The van der Waals surface area contributed by atoms with Gasteiger partial charge in [0.15, 0.2) is 10.3 Å². The van der Waals surface area contributed by atoms with Crippen molar-refractivity contribution in [1.29, 1.82) is 0 Å². The van der Waals surface area contributed by atoms with E-state index in [9.17, 15) is 14.9 Å². The standard InChI is InChI=1S/C27H31N11O4S2/c1-4-37(17-8-6-5-7-9-17)21-12-19(32-16(2)39)20(13-22(21)42-3)33-34-25-23(43-26-28-14-30-35-26)10-18(38(40)41)11-24(25)44-27-29-15-31-36-27/h10-15,17H,4-9H2,1-3H3,(H,32,39)(H,28,30,35)(H,29,31,36). The zero-order chi connectivity index (χ0) is 31.1. The summed E-state index contributed by atoms with van der Waals surface area (Å²) in [6.45, 7) is 4.31. The quantitative estimate of drug-likeness (QED) is 0.0852. The van der Waals surface area contributed by atoms with Crippen molar-refractivity contribution < 1.29 is 14.5 Å². The molecule has 4 aromatic rings. The van der Waals surface area contributed by atoms with Gasteiger partial charge in [-0.2, -0.15) is 10.2 Å². The number of methoxy groups -OCH3 is 1. The third-order valence-corrected chi connectivity index (χ3v) is 8.81. The first kappa shape index (κ1) is 30.9. The zero-order valence-electron chi connectivity index (χ0n) is 24.3. The molecule has 0 unspecified atom stereocenters. The van der Waals surface area contributed by atoms with Gasteiger partial charge in [-0.1, -0.05) is 19.3 Å². The number of non-ortho nitro benzene ring substituents is 1. The fourth-order valence-corrected chi connectivity index (χ4v) is 6.79. The second kappa shape index (κ2) is 14.3. The minimum Gasteiger partial charge on any atom is -0.494 e. The van der Waals surface area contributed by atoms with Gasteiger partial charge in [0.2, 0.25) is 5.91 Å². The average Bonchev–Trinajstić information content (AvgIpc) is 3.73. The van der Waals surface area contributed by atoms with Crippen LogP contribution in [-0.2, 0) is 4.79 Å². The number of benzene rings is 2. The molecular weight excluding hydrogens is 607 g/mol. The maximum absolute atomic E-state index is 12.3. The maximum atomic E-state index is 12.3. The number of amides is 1. The highest BCUT2D eigenvalue weighted by Crippen LogP contribution is 2.46. The Kier molecular flexibility index (Phi) is 10.1. The lowest BCUT2D eigenvalue weighted by Gasteiger charge is -2.36. The van der Waals surface area contributed by atoms with Crippen molar-refractivity contribution in [3.63, 3.8) is 0 Å². The van der Waals surface area contributed by atoms with Crippen molar-refractivity contribution in [2.45, 2.75) is 72.1 Å². The van der Waals surface area contributed by atoms with Gasteiger partial charge in [-0.05, 0) is 49.4 Å². The van der Waals surface area contributed by atoms with Crippen LogP contribution in [0.25, 0.3) is 0 Å². The van der Waals surface area contributed by atoms with Gasteiger partial charge in [0.1, 0.15) is 29.8 Å². The highest BCUT2D eigenvalue weighted by Gasteiger charge is 2.25. The smallest absolute Gasteiger partial charge is 0.271 e. The molecule has 1 fully saturated rings. The minimum atomic E-state index is -0.486. The Morgan fingerprint density at radius 3 is 2.20 bits per heavy atom. The van der Waals surface area contributed by atoms with E-state index in [1.54, 1.807) is 13.2 Å². The molecular formula is C27H31N11O4S2. The second-order valence-corrected chi connectivity index (χ2v) is 11.9. The van der Waals surface area contributed by atoms with Crippen LogP contribution in [0.15, 0.2) is 67.3 Å². The first-order chi connectivity index (χ1) is 21.4. The molecule has 44 heavy (non-hydrogen) atoms. The number of carbonyl (C=O) groups excluding carboxylic acids is 1. The first-order valence-electron chi connectivity index (χ1n) is 13.9. The number of rotatable bonds is 12. The second-order valence-electron chi connectivity index (χ2n) is 9.83. The summed E-state index contributed by atoms with van der Waals surface area (Å²) < 4.78 is 5.82. The summed E-state index contributed by atoms with van der Waals surface area (Å²) >= 11 is 2.23. The number of aromatic amines is 2. The summed E-state index contributed by atoms with van der Waals surface area (Å²) in [5, 5.41) is 37.9. The molecule has 0 spiro atoms. The molecule has 0 bridgehead atoms. The van der Waals surface area contributed by atoms with E-state index in [0.717, 1.165) is 48.6 Å². The monoisotopic (exact) mass is 637 g/mol. The molecule has 0 saturated heterocycles. The number of nitrogens with zero attached hydrogens (tertiary/aromatic N) is 8. The highest BCUT2D eigenvalue weighted by atomic mass is 32.2. The van der Waals surface area contributed by atoms with Gasteiger partial charge in [-0.3, -0.25) is 25.1 Å². The third-order valence-electron chi connectivity index (χ3n) is 6.97. The van der Waals surface area contributed by atoms with Crippen LogP contribution in [-0.4, -0.2) is 60.9 Å². The van der Waals surface area contributed by atoms with Gasteiger partial charge < -0.3 is 15.0 Å². The van der Waals surface area contributed by atoms with Crippen LogP contribution < -0.4 is 15.0 Å². The Morgan fingerprint density at radius 2 is 1.70 bits per heavy atom. The van der Waals surface area contributed by atoms with Crippen molar-refractivity contribution in [2.75, 3.05) is 23.9 Å². The number of azo groups is 1. The summed E-state index contributed by atoms with van der Waals surface area (Å²) in [5.74, 6) is 0.327. The lowest BCUT2D eigenvalue weighted by molar-refractivity contribution is -0.385. The van der Waals surface area contributed by atoms with E-state index in [1.807, 2.05) is 6.07 Å². The van der Waals surface area contributed by atoms with Crippen molar-refractivity contribution in [3.8, 4) is 5.75 Å². The molecule has 3 N–H and O–H groups in total. The molecule has 0 atom stereocenters. The van der Waals surface area contributed by atoms with E-state index in [2.05, 4.69) is 57.7 Å². The minimum absolute atomic E-state index is 0.152. The number of ether oxygens (including phenoxy) is 1. The van der Waals surface area contributed by atoms with Gasteiger partial charge in [0.05, 0.1) is 33.2 Å². The van der Waals surface area contributed by atoms with Crippen LogP contribution in [0.5, 0.6) is 5.75 Å². The van der Waals surface area contributed by atoms with Crippen molar-refractivity contribution in [3.05, 3.63) is 47.0 Å². The number of hydrogen-bond acceptors (Lipinski definition) is 13. The molecule has 17 heteroatoms. The molecule has 2 aromatic heterocycles. The van der Waals surface area contributed by atoms with Crippen LogP contribution in [0, 0.1) is 10.1 Å². The van der Waals surface area contributed by atoms with Crippen LogP contribution in [0.2, 0.25) is 0 Å². The zero-order valence-corrected chi connectivity index (χ0v) is 25.9. The first-order valence-corrected chi connectivity index (χ1v) is 15.6. The number of hydrogen-bond donors (Lipinski definition) is 3. The maximum Gasteiger partial charge on any atom is 0.271 e. The molecule has 1 amide bonds. The van der Waals surface area contributed by atoms with Gasteiger partial charge in [-0.15, -0.1) is 10.2 Å². The van der Waals surface area contributed by atoms with Gasteiger partial charge >= 0.3 is 0 Å². The molecule has 1 saturated carbocycles. The molecule has 2 heterocycles. The molecule has 15 nitrogen and oxygen atoms in total. The van der Waals surface area contributed by atoms with Gasteiger partial charge in [0, 0.05) is 37.7 Å². The Balaban J connectivity index is 1.62. The molecule has 5 rings (SSSR count). The van der Waals surface area contributed by atoms with E-state index < -0.39 is 4.92 Å². The number of anilines is 2. The third kappa shape index (κ3) is 7.34. The van der Waals surface area contributed by atoms with Crippen LogP contribution >= 0.6 is 23.5 Å².